The number of hydrogen-bond donors (Lipinski definition) is 2. The SMILES string of the molecule is CC(C)[C@@H](NCC(=O)Nc1cccc(S(C)(=O)=O)c1)c1ccc(C(C)(C)C)cc1. The predicted molar refractivity (Wildman–Crippen MR) is 119 cm³/mol. The minimum absolute atomic E-state index is 0.0390. The molecule has 6 heteroatoms. The van der Waals surface area contributed by atoms with Crippen LogP contribution in [0, 0.1) is 5.92 Å². The van der Waals surface area contributed by atoms with Gasteiger partial charge in [0.1, 0.15) is 0 Å². The van der Waals surface area contributed by atoms with Crippen LogP contribution in [0.3, 0.4) is 0 Å². The molecule has 0 saturated heterocycles. The third kappa shape index (κ3) is 6.68. The molecule has 0 unspecified atom stereocenters. The summed E-state index contributed by atoms with van der Waals surface area (Å²) in [4.78, 5) is 12.6. The van der Waals surface area contributed by atoms with Crippen LogP contribution in [0.4, 0.5) is 5.69 Å². The summed E-state index contributed by atoms with van der Waals surface area (Å²) in [7, 11) is -3.32. The second-order valence-corrected chi connectivity index (χ2v) is 10.8. The van der Waals surface area contributed by atoms with Gasteiger partial charge in [0, 0.05) is 18.0 Å². The average Bonchev–Trinajstić information content (AvgIpc) is 2.61. The normalized spacial score (nSPS) is 13.3. The lowest BCUT2D eigenvalue weighted by molar-refractivity contribution is -0.115. The molecule has 0 radical (unpaired) electrons. The quantitative estimate of drug-likeness (QED) is 0.705. The van der Waals surface area contributed by atoms with Gasteiger partial charge in [0.2, 0.25) is 5.91 Å². The number of amides is 1. The third-order valence-electron chi connectivity index (χ3n) is 4.83. The summed E-state index contributed by atoms with van der Waals surface area (Å²) in [5, 5.41) is 6.09. The molecule has 0 aliphatic carbocycles. The van der Waals surface area contributed by atoms with E-state index in [0.717, 1.165) is 11.8 Å². The molecule has 2 aromatic carbocycles. The Hall–Kier alpha value is -2.18. The maximum Gasteiger partial charge on any atom is 0.238 e. The highest BCUT2D eigenvalue weighted by molar-refractivity contribution is 7.90. The number of hydrogen-bond acceptors (Lipinski definition) is 4. The largest absolute Gasteiger partial charge is 0.325 e. The van der Waals surface area contributed by atoms with E-state index in [0.29, 0.717) is 11.6 Å². The average molecular weight is 417 g/mol. The fraction of sp³-hybridized carbons (Fsp3) is 0.435. The zero-order chi connectivity index (χ0) is 21.8. The molecule has 2 aromatic rings. The summed E-state index contributed by atoms with van der Waals surface area (Å²) < 4.78 is 23.4. The number of carbonyl (C=O) groups excluding carboxylic acids is 1. The van der Waals surface area contributed by atoms with Crippen molar-refractivity contribution < 1.29 is 13.2 Å². The Morgan fingerprint density at radius 1 is 1.03 bits per heavy atom. The molecular formula is C23H32N2O3S. The van der Waals surface area contributed by atoms with Crippen LogP contribution < -0.4 is 10.6 Å². The van der Waals surface area contributed by atoms with Gasteiger partial charge in [-0.2, -0.15) is 0 Å². The van der Waals surface area contributed by atoms with Gasteiger partial charge in [0.25, 0.3) is 0 Å². The topological polar surface area (TPSA) is 75.3 Å². The Labute approximate surface area is 174 Å². The van der Waals surface area contributed by atoms with Gasteiger partial charge in [-0.15, -0.1) is 0 Å². The van der Waals surface area contributed by atoms with E-state index in [2.05, 4.69) is 69.5 Å². The number of carbonyl (C=O) groups is 1. The standard InChI is InChI=1S/C23H32N2O3S/c1-16(2)22(17-10-12-18(13-11-17)23(3,4)5)24-15-21(26)25-19-8-7-9-20(14-19)29(6,27)28/h7-14,16,22,24H,15H2,1-6H3,(H,25,26)/t22-/m1/s1. The van der Waals surface area contributed by atoms with Crippen molar-refractivity contribution in [2.45, 2.75) is 51.0 Å². The van der Waals surface area contributed by atoms with Crippen LogP contribution in [0.2, 0.25) is 0 Å². The van der Waals surface area contributed by atoms with Gasteiger partial charge < -0.3 is 10.6 Å². The maximum absolute atomic E-state index is 12.4. The highest BCUT2D eigenvalue weighted by Gasteiger charge is 2.19. The molecule has 1 atom stereocenters. The predicted octanol–water partition coefficient (Wildman–Crippen LogP) is 4.31. The van der Waals surface area contributed by atoms with E-state index in [1.54, 1.807) is 12.1 Å². The van der Waals surface area contributed by atoms with E-state index in [1.807, 2.05) is 0 Å². The third-order valence-corrected chi connectivity index (χ3v) is 5.94. The first-order valence-corrected chi connectivity index (χ1v) is 11.7. The van der Waals surface area contributed by atoms with Crippen molar-refractivity contribution >= 4 is 21.4 Å². The molecule has 2 N–H and O–H groups in total. The molecule has 0 fully saturated rings. The molecular weight excluding hydrogens is 384 g/mol. The van der Waals surface area contributed by atoms with Gasteiger partial charge in [0.05, 0.1) is 11.4 Å². The van der Waals surface area contributed by atoms with E-state index >= 15 is 0 Å². The molecule has 0 bridgehead atoms. The van der Waals surface area contributed by atoms with Gasteiger partial charge in [-0.3, -0.25) is 4.79 Å². The van der Waals surface area contributed by atoms with Gasteiger partial charge >= 0.3 is 0 Å². The Morgan fingerprint density at radius 3 is 2.17 bits per heavy atom. The summed E-state index contributed by atoms with van der Waals surface area (Å²) >= 11 is 0. The van der Waals surface area contributed by atoms with Gasteiger partial charge in [0.15, 0.2) is 9.84 Å². The van der Waals surface area contributed by atoms with Crippen molar-refractivity contribution in [3.63, 3.8) is 0 Å². The molecule has 1 amide bonds. The molecule has 5 nitrogen and oxygen atoms in total. The lowest BCUT2D eigenvalue weighted by Crippen LogP contribution is -2.33. The molecule has 0 aliphatic rings. The second-order valence-electron chi connectivity index (χ2n) is 8.82. The molecule has 0 aliphatic heterocycles. The fourth-order valence-electron chi connectivity index (χ4n) is 3.14. The summed E-state index contributed by atoms with van der Waals surface area (Å²) in [5.74, 6) is 0.0875. The van der Waals surface area contributed by atoms with E-state index in [-0.39, 0.29) is 28.8 Å². The monoisotopic (exact) mass is 416 g/mol. The van der Waals surface area contributed by atoms with Crippen molar-refractivity contribution in [1.29, 1.82) is 0 Å². The minimum Gasteiger partial charge on any atom is -0.325 e. The van der Waals surface area contributed by atoms with E-state index < -0.39 is 9.84 Å². The van der Waals surface area contributed by atoms with Gasteiger partial charge in [-0.05, 0) is 40.7 Å². The highest BCUT2D eigenvalue weighted by Crippen LogP contribution is 2.26. The van der Waals surface area contributed by atoms with Crippen LogP contribution in [0.5, 0.6) is 0 Å². The Morgan fingerprint density at radius 2 is 1.66 bits per heavy atom. The summed E-state index contributed by atoms with van der Waals surface area (Å²) in [5.41, 5.74) is 2.97. The molecule has 2 rings (SSSR count). The first-order valence-electron chi connectivity index (χ1n) is 9.82. The van der Waals surface area contributed by atoms with Crippen molar-refractivity contribution in [3.05, 3.63) is 59.7 Å². The van der Waals surface area contributed by atoms with Crippen molar-refractivity contribution in [1.82, 2.24) is 5.32 Å². The minimum atomic E-state index is -3.32. The lowest BCUT2D eigenvalue weighted by Gasteiger charge is -2.25. The second kappa shape index (κ2) is 9.09. The summed E-state index contributed by atoms with van der Waals surface area (Å²) in [6.45, 7) is 10.9. The zero-order valence-electron chi connectivity index (χ0n) is 18.1. The van der Waals surface area contributed by atoms with Crippen LogP contribution >= 0.6 is 0 Å². The van der Waals surface area contributed by atoms with Crippen LogP contribution in [-0.4, -0.2) is 27.1 Å². The molecule has 29 heavy (non-hydrogen) atoms. The molecule has 0 aromatic heterocycles. The van der Waals surface area contributed by atoms with Crippen LogP contribution in [-0.2, 0) is 20.0 Å². The van der Waals surface area contributed by atoms with E-state index in [1.165, 1.54) is 17.7 Å². The van der Waals surface area contributed by atoms with Crippen LogP contribution in [0.1, 0.15) is 51.8 Å². The lowest BCUT2D eigenvalue weighted by atomic mass is 9.85. The Bertz CT molecular complexity index is 943. The van der Waals surface area contributed by atoms with Crippen molar-refractivity contribution in [2.75, 3.05) is 18.1 Å². The number of benzene rings is 2. The first kappa shape index (κ1) is 23.1. The van der Waals surface area contributed by atoms with E-state index in [9.17, 15) is 13.2 Å². The summed E-state index contributed by atoms with van der Waals surface area (Å²) in [6.07, 6.45) is 1.15. The van der Waals surface area contributed by atoms with Gasteiger partial charge in [-0.1, -0.05) is 65.0 Å². The number of anilines is 1. The maximum atomic E-state index is 12.4. The van der Waals surface area contributed by atoms with Crippen LogP contribution in [0.15, 0.2) is 53.4 Å². The first-order chi connectivity index (χ1) is 13.4. The van der Waals surface area contributed by atoms with E-state index in [4.69, 9.17) is 0 Å². The molecule has 0 heterocycles. The number of rotatable bonds is 7. The highest BCUT2D eigenvalue weighted by atomic mass is 32.2. The van der Waals surface area contributed by atoms with Crippen molar-refractivity contribution in [3.8, 4) is 0 Å². The number of sulfone groups is 1. The smallest absolute Gasteiger partial charge is 0.238 e. The zero-order valence-corrected chi connectivity index (χ0v) is 18.9. The van der Waals surface area contributed by atoms with Gasteiger partial charge in [-0.25, -0.2) is 8.42 Å². The molecule has 0 spiro atoms. The number of nitrogens with one attached hydrogen (secondary N) is 2. The Kier molecular flexibility index (Phi) is 7.25. The Balaban J connectivity index is 2.05. The van der Waals surface area contributed by atoms with Crippen molar-refractivity contribution in [2.24, 2.45) is 5.92 Å². The summed E-state index contributed by atoms with van der Waals surface area (Å²) in [6, 6.07) is 14.8. The molecule has 158 valence electrons. The fourth-order valence-corrected chi connectivity index (χ4v) is 3.81. The van der Waals surface area contributed by atoms with Crippen LogP contribution in [0.25, 0.3) is 0 Å². The molecule has 0 saturated carbocycles.